The Labute approximate surface area is 249 Å². The number of rotatable bonds is 13. The van der Waals surface area contributed by atoms with Crippen LogP contribution < -0.4 is 10.6 Å². The molecule has 3 fully saturated rings. The van der Waals surface area contributed by atoms with Crippen molar-refractivity contribution in [3.8, 4) is 0 Å². The van der Waals surface area contributed by atoms with Gasteiger partial charge >= 0.3 is 0 Å². The number of fused-ring (bicyclic) bond motifs is 5. The van der Waals surface area contributed by atoms with E-state index in [0.29, 0.717) is 46.8 Å². The molecule has 4 aliphatic rings. The Hall–Kier alpha value is -1.56. The summed E-state index contributed by atoms with van der Waals surface area (Å²) in [6.45, 7) is 12.1. The average Bonchev–Trinajstić information content (AvgIpc) is 3.31. The highest BCUT2D eigenvalue weighted by atomic mass is 16.3. The molecule has 0 radical (unpaired) electrons. The molecule has 5 heteroatoms. The third-order valence-electron chi connectivity index (χ3n) is 12.4. The molecule has 228 valence electrons. The molecule has 1 aromatic rings. The number of nitrogens with zero attached hydrogens (tertiary/aromatic N) is 1. The van der Waals surface area contributed by atoms with E-state index in [2.05, 4.69) is 48.5 Å². The number of carbonyl (C=O) groups excluding carboxylic acids is 1. The van der Waals surface area contributed by atoms with Crippen molar-refractivity contribution in [3.05, 3.63) is 41.7 Å². The van der Waals surface area contributed by atoms with Gasteiger partial charge in [-0.05, 0) is 137 Å². The highest BCUT2D eigenvalue weighted by Crippen LogP contribution is 2.68. The van der Waals surface area contributed by atoms with Crippen LogP contribution in [0.4, 0.5) is 0 Å². The van der Waals surface area contributed by atoms with Crippen molar-refractivity contribution in [2.45, 2.75) is 123 Å². The second-order valence-electron chi connectivity index (χ2n) is 14.6. The van der Waals surface area contributed by atoms with Gasteiger partial charge in [0.05, 0.1) is 11.8 Å². The highest BCUT2D eigenvalue weighted by molar-refractivity contribution is 5.75. The number of carbonyl (C=O) groups is 1. The number of ketones is 1. The predicted octanol–water partition coefficient (Wildman–Crippen LogP) is 6.85. The zero-order chi connectivity index (χ0) is 29.0. The first-order valence-electron chi connectivity index (χ1n) is 17.0. The molecule has 5 rings (SSSR count). The average molecular weight is 564 g/mol. The van der Waals surface area contributed by atoms with Crippen LogP contribution in [0.3, 0.4) is 0 Å². The van der Waals surface area contributed by atoms with Crippen LogP contribution in [0.25, 0.3) is 0 Å². The Bertz CT molecular complexity index is 1040. The van der Waals surface area contributed by atoms with Crippen molar-refractivity contribution in [1.29, 1.82) is 0 Å². The van der Waals surface area contributed by atoms with Gasteiger partial charge in [-0.1, -0.05) is 44.9 Å². The number of hydrogen-bond acceptors (Lipinski definition) is 5. The minimum Gasteiger partial charge on any atom is -0.392 e. The molecule has 5 nitrogen and oxygen atoms in total. The second kappa shape index (κ2) is 13.4. The Morgan fingerprint density at radius 1 is 1.10 bits per heavy atom. The minimum absolute atomic E-state index is 0.205. The van der Waals surface area contributed by atoms with Crippen LogP contribution in [0.15, 0.2) is 36.0 Å². The monoisotopic (exact) mass is 563 g/mol. The van der Waals surface area contributed by atoms with Crippen LogP contribution >= 0.6 is 0 Å². The molecule has 41 heavy (non-hydrogen) atoms. The van der Waals surface area contributed by atoms with Crippen LogP contribution in [0.1, 0.15) is 110 Å². The molecular formula is C36H57N3O2. The van der Waals surface area contributed by atoms with Gasteiger partial charge in [0.2, 0.25) is 0 Å². The first kappa shape index (κ1) is 30.9. The lowest BCUT2D eigenvalue weighted by molar-refractivity contribution is -0.119. The Balaban J connectivity index is 1.15. The third-order valence-corrected chi connectivity index (χ3v) is 12.4. The van der Waals surface area contributed by atoms with Crippen LogP contribution in [0, 0.1) is 40.4 Å². The van der Waals surface area contributed by atoms with Crippen molar-refractivity contribution in [3.63, 3.8) is 0 Å². The fourth-order valence-corrected chi connectivity index (χ4v) is 10.1. The summed E-state index contributed by atoms with van der Waals surface area (Å²) < 4.78 is 0. The lowest BCUT2D eigenvalue weighted by Gasteiger charge is -2.60. The summed E-state index contributed by atoms with van der Waals surface area (Å²) in [5.74, 6) is 3.37. The summed E-state index contributed by atoms with van der Waals surface area (Å²) in [5.41, 5.74) is 3.21. The number of nitrogens with one attached hydrogen (secondary N) is 2. The number of aliphatic hydroxyl groups is 1. The number of aliphatic hydroxyl groups excluding tert-OH is 1. The van der Waals surface area contributed by atoms with E-state index < -0.39 is 0 Å². The zero-order valence-corrected chi connectivity index (χ0v) is 26.3. The molecule has 0 aliphatic heterocycles. The number of pyridine rings is 1. The fourth-order valence-electron chi connectivity index (χ4n) is 10.1. The lowest BCUT2D eigenvalue weighted by Crippen LogP contribution is -2.56. The van der Waals surface area contributed by atoms with Gasteiger partial charge < -0.3 is 20.5 Å². The first-order valence-corrected chi connectivity index (χ1v) is 17.0. The van der Waals surface area contributed by atoms with Crippen molar-refractivity contribution in [1.82, 2.24) is 15.6 Å². The number of Topliss-reactive ketones (excluding diaryl/α,β-unsaturated/α-hetero) is 1. The highest BCUT2D eigenvalue weighted by Gasteiger charge is 2.61. The van der Waals surface area contributed by atoms with E-state index in [0.717, 1.165) is 51.0 Å². The lowest BCUT2D eigenvalue weighted by atomic mass is 9.45. The molecular weight excluding hydrogens is 506 g/mol. The summed E-state index contributed by atoms with van der Waals surface area (Å²) in [6.07, 6.45) is 17.9. The van der Waals surface area contributed by atoms with Crippen molar-refractivity contribution in [2.75, 3.05) is 13.1 Å². The van der Waals surface area contributed by atoms with Gasteiger partial charge in [0, 0.05) is 25.2 Å². The Morgan fingerprint density at radius 3 is 2.68 bits per heavy atom. The molecule has 9 atom stereocenters. The van der Waals surface area contributed by atoms with E-state index in [-0.39, 0.29) is 11.5 Å². The quantitative estimate of drug-likeness (QED) is 0.181. The SMILES string of the molecule is CCC(CCC(C)=O)C1CCC2C3C(O)CC4=CC(NCCCCNCc5ccccn5)CCC4(C)C3CCC12C. The van der Waals surface area contributed by atoms with Gasteiger partial charge in [-0.25, -0.2) is 0 Å². The minimum atomic E-state index is -0.205. The van der Waals surface area contributed by atoms with Crippen LogP contribution in [0.2, 0.25) is 0 Å². The van der Waals surface area contributed by atoms with Gasteiger partial charge in [-0.15, -0.1) is 0 Å². The molecule has 0 bridgehead atoms. The Morgan fingerprint density at radius 2 is 1.93 bits per heavy atom. The third kappa shape index (κ3) is 6.53. The van der Waals surface area contributed by atoms with E-state index in [1.807, 2.05) is 18.3 Å². The normalized spacial score (nSPS) is 37.0. The summed E-state index contributed by atoms with van der Waals surface area (Å²) in [6, 6.07) is 6.52. The number of hydrogen-bond donors (Lipinski definition) is 3. The predicted molar refractivity (Wildman–Crippen MR) is 167 cm³/mol. The van der Waals surface area contributed by atoms with Crippen molar-refractivity contribution >= 4 is 5.78 Å². The summed E-state index contributed by atoms with van der Waals surface area (Å²) in [7, 11) is 0. The topological polar surface area (TPSA) is 74.2 Å². The van der Waals surface area contributed by atoms with E-state index in [9.17, 15) is 9.90 Å². The zero-order valence-electron chi connectivity index (χ0n) is 26.3. The van der Waals surface area contributed by atoms with E-state index in [1.165, 1.54) is 56.9 Å². The van der Waals surface area contributed by atoms with Gasteiger partial charge in [-0.2, -0.15) is 0 Å². The van der Waals surface area contributed by atoms with Gasteiger partial charge in [0.1, 0.15) is 5.78 Å². The van der Waals surface area contributed by atoms with Crippen LogP contribution in [-0.2, 0) is 11.3 Å². The standard InChI is InChI=1S/C36H57N3O2/c1-5-26(12-11-25(2)40)30-13-14-31-34-32(16-18-36(30,31)4)35(3)17-15-28(22-27(35)23-33(34)41)38-21-9-8-19-37-24-29-10-6-7-20-39-29/h6-7,10,20,22,26,28,30-34,37-38,41H,5,8-9,11-19,21,23-24H2,1-4H3. The van der Waals surface area contributed by atoms with Gasteiger partial charge in [-0.3, -0.25) is 4.98 Å². The molecule has 3 saturated carbocycles. The number of unbranched alkanes of at least 4 members (excludes halogenated alkanes) is 1. The number of aromatic nitrogens is 1. The van der Waals surface area contributed by atoms with Gasteiger partial charge in [0.15, 0.2) is 0 Å². The molecule has 0 amide bonds. The maximum absolute atomic E-state index is 11.8. The summed E-state index contributed by atoms with van der Waals surface area (Å²) >= 11 is 0. The summed E-state index contributed by atoms with van der Waals surface area (Å²) in [5, 5.41) is 19.1. The smallest absolute Gasteiger partial charge is 0.129 e. The molecule has 0 saturated heterocycles. The second-order valence-corrected chi connectivity index (χ2v) is 14.6. The molecule has 9 unspecified atom stereocenters. The van der Waals surface area contributed by atoms with Crippen LogP contribution in [-0.4, -0.2) is 41.1 Å². The summed E-state index contributed by atoms with van der Waals surface area (Å²) in [4.78, 5) is 16.2. The Kier molecular flexibility index (Phi) is 10.1. The van der Waals surface area contributed by atoms with Crippen molar-refractivity contribution < 1.29 is 9.90 Å². The molecule has 4 aliphatic carbocycles. The molecule has 0 aromatic carbocycles. The molecule has 1 aromatic heterocycles. The van der Waals surface area contributed by atoms with Crippen LogP contribution in [0.5, 0.6) is 0 Å². The fraction of sp³-hybridized carbons (Fsp3) is 0.778. The van der Waals surface area contributed by atoms with E-state index >= 15 is 0 Å². The molecule has 1 heterocycles. The first-order chi connectivity index (χ1) is 19.8. The van der Waals surface area contributed by atoms with E-state index in [1.54, 1.807) is 6.92 Å². The molecule has 0 spiro atoms. The maximum atomic E-state index is 11.8. The molecule has 3 N–H and O–H groups in total. The van der Waals surface area contributed by atoms with Crippen molar-refractivity contribution in [2.24, 2.45) is 40.4 Å². The maximum Gasteiger partial charge on any atom is 0.129 e. The van der Waals surface area contributed by atoms with Gasteiger partial charge in [0.25, 0.3) is 0 Å². The van der Waals surface area contributed by atoms with E-state index in [4.69, 9.17) is 0 Å². The largest absolute Gasteiger partial charge is 0.392 e.